The van der Waals surface area contributed by atoms with Crippen molar-refractivity contribution in [3.8, 4) is 5.75 Å². The van der Waals surface area contributed by atoms with Gasteiger partial charge in [0, 0.05) is 12.1 Å². The molecule has 0 aliphatic rings. The van der Waals surface area contributed by atoms with Crippen molar-refractivity contribution in [1.82, 2.24) is 5.32 Å². The summed E-state index contributed by atoms with van der Waals surface area (Å²) in [6.45, 7) is 9.51. The first-order chi connectivity index (χ1) is 8.89. The van der Waals surface area contributed by atoms with Gasteiger partial charge in [-0.3, -0.25) is 0 Å². The predicted octanol–water partition coefficient (Wildman–Crippen LogP) is 2.61. The molecule has 0 aliphatic carbocycles. The molecule has 0 heterocycles. The molecular weight excluding hydrogens is 238 g/mol. The van der Waals surface area contributed by atoms with Crippen LogP contribution in [0.1, 0.15) is 37.0 Å². The Hall–Kier alpha value is -1.06. The van der Waals surface area contributed by atoms with Crippen LogP contribution < -0.4 is 10.1 Å². The lowest BCUT2D eigenvalue weighted by atomic mass is 9.99. The summed E-state index contributed by atoms with van der Waals surface area (Å²) in [5, 5.41) is 12.5. The van der Waals surface area contributed by atoms with Crippen LogP contribution in [-0.2, 0) is 6.42 Å². The van der Waals surface area contributed by atoms with Gasteiger partial charge in [0.2, 0.25) is 0 Å². The zero-order valence-electron chi connectivity index (χ0n) is 12.8. The summed E-state index contributed by atoms with van der Waals surface area (Å²) in [6.07, 6.45) is 1.69. The zero-order valence-corrected chi connectivity index (χ0v) is 12.8. The smallest absolute Gasteiger partial charge is 0.125 e. The highest BCUT2D eigenvalue weighted by atomic mass is 16.5. The predicted molar refractivity (Wildman–Crippen MR) is 80.0 cm³/mol. The van der Waals surface area contributed by atoms with Crippen molar-refractivity contribution >= 4 is 0 Å². The second-order valence-electron chi connectivity index (χ2n) is 5.81. The zero-order chi connectivity index (χ0) is 14.5. The van der Waals surface area contributed by atoms with E-state index in [-0.39, 0.29) is 12.1 Å². The molecule has 0 amide bonds. The van der Waals surface area contributed by atoms with Crippen LogP contribution in [0.4, 0.5) is 0 Å². The number of aryl methyl sites for hydroxylation is 2. The molecule has 0 radical (unpaired) electrons. The van der Waals surface area contributed by atoms with Crippen LogP contribution in [-0.4, -0.2) is 30.9 Å². The quantitative estimate of drug-likeness (QED) is 0.796. The lowest BCUT2D eigenvalue weighted by Gasteiger charge is -2.25. The number of rotatable bonds is 7. The fraction of sp³-hybridized carbons (Fsp3) is 0.625. The standard InChI is InChI=1S/C16H27NO2/c1-12-10-13(2)15(19-5)14(11-12)6-8-17-16(3,4)7-9-18/h10-11,17-18H,6-9H2,1-5H3. The minimum atomic E-state index is -0.0269. The van der Waals surface area contributed by atoms with Gasteiger partial charge in [-0.15, -0.1) is 0 Å². The summed E-state index contributed by atoms with van der Waals surface area (Å²) < 4.78 is 5.49. The lowest BCUT2D eigenvalue weighted by molar-refractivity contribution is 0.231. The molecule has 0 unspecified atom stereocenters. The van der Waals surface area contributed by atoms with E-state index >= 15 is 0 Å². The second kappa shape index (κ2) is 6.92. The van der Waals surface area contributed by atoms with Crippen LogP contribution in [0.5, 0.6) is 5.75 Å². The molecule has 0 saturated carbocycles. The number of aliphatic hydroxyl groups is 1. The van der Waals surface area contributed by atoms with Crippen molar-refractivity contribution in [2.24, 2.45) is 0 Å². The first-order valence-corrected chi connectivity index (χ1v) is 6.89. The number of hydrogen-bond acceptors (Lipinski definition) is 3. The van der Waals surface area contributed by atoms with Crippen molar-refractivity contribution in [2.75, 3.05) is 20.3 Å². The third-order valence-electron chi connectivity index (χ3n) is 3.43. The molecule has 3 heteroatoms. The van der Waals surface area contributed by atoms with Crippen LogP contribution in [0.25, 0.3) is 0 Å². The van der Waals surface area contributed by atoms with E-state index < -0.39 is 0 Å². The van der Waals surface area contributed by atoms with Crippen molar-refractivity contribution in [2.45, 2.75) is 46.1 Å². The molecule has 1 aromatic rings. The normalized spacial score (nSPS) is 11.7. The topological polar surface area (TPSA) is 41.5 Å². The van der Waals surface area contributed by atoms with Gasteiger partial charge in [-0.2, -0.15) is 0 Å². The van der Waals surface area contributed by atoms with Crippen LogP contribution in [0.15, 0.2) is 12.1 Å². The van der Waals surface area contributed by atoms with Crippen molar-refractivity contribution < 1.29 is 9.84 Å². The molecule has 0 bridgehead atoms. The number of nitrogens with one attached hydrogen (secondary N) is 1. The molecule has 1 aromatic carbocycles. The monoisotopic (exact) mass is 265 g/mol. The van der Waals surface area contributed by atoms with E-state index in [1.165, 1.54) is 16.7 Å². The Morgan fingerprint density at radius 2 is 1.95 bits per heavy atom. The van der Waals surface area contributed by atoms with Gasteiger partial charge in [0.05, 0.1) is 7.11 Å². The average molecular weight is 265 g/mol. The van der Waals surface area contributed by atoms with Crippen LogP contribution in [0, 0.1) is 13.8 Å². The number of benzene rings is 1. The molecule has 2 N–H and O–H groups in total. The molecule has 3 nitrogen and oxygen atoms in total. The molecule has 0 atom stereocenters. The Bertz CT molecular complexity index is 413. The summed E-state index contributed by atoms with van der Waals surface area (Å²) in [7, 11) is 1.73. The van der Waals surface area contributed by atoms with Crippen LogP contribution >= 0.6 is 0 Å². The van der Waals surface area contributed by atoms with E-state index in [4.69, 9.17) is 9.84 Å². The number of methoxy groups -OCH3 is 1. The van der Waals surface area contributed by atoms with Gasteiger partial charge in [0.1, 0.15) is 5.75 Å². The van der Waals surface area contributed by atoms with Crippen molar-refractivity contribution in [3.05, 3.63) is 28.8 Å². The largest absolute Gasteiger partial charge is 0.496 e. The van der Waals surface area contributed by atoms with Gasteiger partial charge in [0.15, 0.2) is 0 Å². The van der Waals surface area contributed by atoms with Crippen molar-refractivity contribution in [1.29, 1.82) is 0 Å². The van der Waals surface area contributed by atoms with E-state index in [0.717, 1.165) is 25.1 Å². The van der Waals surface area contributed by atoms with Gasteiger partial charge < -0.3 is 15.2 Å². The summed E-state index contributed by atoms with van der Waals surface area (Å²) >= 11 is 0. The van der Waals surface area contributed by atoms with E-state index in [9.17, 15) is 0 Å². The summed E-state index contributed by atoms with van der Waals surface area (Å²) in [4.78, 5) is 0. The Kier molecular flexibility index (Phi) is 5.83. The number of aliphatic hydroxyl groups excluding tert-OH is 1. The molecule has 0 spiro atoms. The maximum atomic E-state index is 9.01. The lowest BCUT2D eigenvalue weighted by Crippen LogP contribution is -2.41. The molecule has 0 fully saturated rings. The minimum Gasteiger partial charge on any atom is -0.496 e. The molecule has 0 aliphatic heterocycles. The Morgan fingerprint density at radius 1 is 1.26 bits per heavy atom. The van der Waals surface area contributed by atoms with E-state index in [2.05, 4.69) is 45.1 Å². The molecule has 108 valence electrons. The highest BCUT2D eigenvalue weighted by molar-refractivity contribution is 5.43. The first kappa shape index (κ1) is 16.0. The maximum Gasteiger partial charge on any atom is 0.125 e. The minimum absolute atomic E-state index is 0.0269. The average Bonchev–Trinajstić information content (AvgIpc) is 2.28. The third kappa shape index (κ3) is 4.84. The van der Waals surface area contributed by atoms with E-state index in [1.54, 1.807) is 7.11 Å². The Balaban J connectivity index is 2.67. The highest BCUT2D eigenvalue weighted by Crippen LogP contribution is 2.25. The maximum absolute atomic E-state index is 9.01. The highest BCUT2D eigenvalue weighted by Gasteiger charge is 2.16. The summed E-state index contributed by atoms with van der Waals surface area (Å²) in [5.41, 5.74) is 3.67. The van der Waals surface area contributed by atoms with E-state index in [0.29, 0.717) is 0 Å². The van der Waals surface area contributed by atoms with Gasteiger partial charge in [-0.25, -0.2) is 0 Å². The molecule has 0 aromatic heterocycles. The molecule has 0 saturated heterocycles. The summed E-state index contributed by atoms with van der Waals surface area (Å²) in [6, 6.07) is 4.33. The van der Waals surface area contributed by atoms with E-state index in [1.807, 2.05) is 0 Å². The van der Waals surface area contributed by atoms with Gasteiger partial charge in [0.25, 0.3) is 0 Å². The SMILES string of the molecule is COc1c(C)cc(C)cc1CCNC(C)(C)CCO. The van der Waals surface area contributed by atoms with Crippen LogP contribution in [0.3, 0.4) is 0 Å². The Morgan fingerprint density at radius 3 is 2.53 bits per heavy atom. The number of hydrogen-bond donors (Lipinski definition) is 2. The fourth-order valence-corrected chi connectivity index (χ4v) is 2.42. The summed E-state index contributed by atoms with van der Waals surface area (Å²) in [5.74, 6) is 0.993. The third-order valence-corrected chi connectivity index (χ3v) is 3.43. The van der Waals surface area contributed by atoms with Gasteiger partial charge >= 0.3 is 0 Å². The van der Waals surface area contributed by atoms with Gasteiger partial charge in [-0.1, -0.05) is 17.7 Å². The second-order valence-corrected chi connectivity index (χ2v) is 5.81. The number of ether oxygens (including phenoxy) is 1. The van der Waals surface area contributed by atoms with Gasteiger partial charge in [-0.05, 0) is 58.2 Å². The Labute approximate surface area is 117 Å². The first-order valence-electron chi connectivity index (χ1n) is 6.89. The molecule has 19 heavy (non-hydrogen) atoms. The molecule has 1 rings (SSSR count). The van der Waals surface area contributed by atoms with Crippen molar-refractivity contribution in [3.63, 3.8) is 0 Å². The molecular formula is C16H27NO2. The fourth-order valence-electron chi connectivity index (χ4n) is 2.42. The van der Waals surface area contributed by atoms with Crippen LogP contribution in [0.2, 0.25) is 0 Å².